The molecule has 27 heavy (non-hydrogen) atoms. The highest BCUT2D eigenvalue weighted by atomic mass is 19.4. The molecule has 140 valence electrons. The van der Waals surface area contributed by atoms with E-state index in [0.29, 0.717) is 22.6 Å². The van der Waals surface area contributed by atoms with E-state index < -0.39 is 11.7 Å². The standard InChI is InChI=1S/C18H16F3N5O/c19-18(20,21)12-3-4-13(22-9-12)14-5-6-15-17(24-14)26(11-23-15)10-16(27)25-7-1-2-8-25/h3-6,9,11H,1-2,7-8,10H2. The fourth-order valence-corrected chi connectivity index (χ4v) is 3.12. The van der Waals surface area contributed by atoms with Crippen LogP contribution in [-0.2, 0) is 17.5 Å². The van der Waals surface area contributed by atoms with Crippen molar-refractivity contribution in [3.8, 4) is 11.4 Å². The minimum atomic E-state index is -4.43. The maximum Gasteiger partial charge on any atom is 0.417 e. The molecule has 1 saturated heterocycles. The maximum absolute atomic E-state index is 12.7. The molecule has 3 aromatic heterocycles. The molecule has 0 N–H and O–H groups in total. The molecule has 4 rings (SSSR count). The van der Waals surface area contributed by atoms with Crippen molar-refractivity contribution in [1.82, 2.24) is 24.4 Å². The van der Waals surface area contributed by atoms with Crippen LogP contribution < -0.4 is 0 Å². The van der Waals surface area contributed by atoms with Crippen LogP contribution in [0.5, 0.6) is 0 Å². The first-order valence-corrected chi connectivity index (χ1v) is 8.55. The Bertz CT molecular complexity index is 975. The van der Waals surface area contributed by atoms with Crippen molar-refractivity contribution in [3.63, 3.8) is 0 Å². The van der Waals surface area contributed by atoms with Crippen LogP contribution in [-0.4, -0.2) is 43.4 Å². The fourth-order valence-electron chi connectivity index (χ4n) is 3.12. The van der Waals surface area contributed by atoms with Crippen molar-refractivity contribution < 1.29 is 18.0 Å². The molecule has 0 unspecified atom stereocenters. The normalized spacial score (nSPS) is 14.9. The minimum absolute atomic E-state index is 0.00616. The van der Waals surface area contributed by atoms with Crippen molar-refractivity contribution in [2.45, 2.75) is 25.6 Å². The summed E-state index contributed by atoms with van der Waals surface area (Å²) in [6.07, 6.45) is -0.0702. The summed E-state index contributed by atoms with van der Waals surface area (Å²) in [6.45, 7) is 1.66. The summed E-state index contributed by atoms with van der Waals surface area (Å²) in [5.74, 6) is 0.00616. The van der Waals surface area contributed by atoms with Crippen molar-refractivity contribution in [2.24, 2.45) is 0 Å². The van der Waals surface area contributed by atoms with E-state index >= 15 is 0 Å². The summed E-state index contributed by atoms with van der Waals surface area (Å²) in [4.78, 5) is 26.8. The van der Waals surface area contributed by atoms with Crippen LogP contribution in [0.4, 0.5) is 13.2 Å². The number of amides is 1. The zero-order valence-electron chi connectivity index (χ0n) is 14.3. The number of carbonyl (C=O) groups excluding carboxylic acids is 1. The fraction of sp³-hybridized carbons (Fsp3) is 0.333. The third-order valence-electron chi connectivity index (χ3n) is 4.58. The van der Waals surface area contributed by atoms with Gasteiger partial charge in [0.15, 0.2) is 5.65 Å². The first-order valence-electron chi connectivity index (χ1n) is 8.55. The molecule has 0 aliphatic carbocycles. The van der Waals surface area contributed by atoms with E-state index in [1.807, 2.05) is 4.90 Å². The third kappa shape index (κ3) is 3.49. The van der Waals surface area contributed by atoms with E-state index in [2.05, 4.69) is 15.0 Å². The Morgan fingerprint density at radius 1 is 1.04 bits per heavy atom. The van der Waals surface area contributed by atoms with Crippen LogP contribution >= 0.6 is 0 Å². The number of fused-ring (bicyclic) bond motifs is 1. The number of pyridine rings is 2. The van der Waals surface area contributed by atoms with Crippen LogP contribution in [0.3, 0.4) is 0 Å². The van der Waals surface area contributed by atoms with Gasteiger partial charge in [0.1, 0.15) is 12.1 Å². The topological polar surface area (TPSA) is 63.9 Å². The van der Waals surface area contributed by atoms with Crippen LogP contribution in [0.2, 0.25) is 0 Å². The zero-order chi connectivity index (χ0) is 19.0. The predicted molar refractivity (Wildman–Crippen MR) is 91.6 cm³/mol. The summed E-state index contributed by atoms with van der Waals surface area (Å²) >= 11 is 0. The summed E-state index contributed by atoms with van der Waals surface area (Å²) < 4.78 is 39.7. The number of carbonyl (C=O) groups is 1. The van der Waals surface area contributed by atoms with Gasteiger partial charge in [0.05, 0.1) is 23.3 Å². The smallest absolute Gasteiger partial charge is 0.341 e. The van der Waals surface area contributed by atoms with Crippen molar-refractivity contribution in [1.29, 1.82) is 0 Å². The lowest BCUT2D eigenvalue weighted by Gasteiger charge is -2.15. The molecule has 0 aromatic carbocycles. The summed E-state index contributed by atoms with van der Waals surface area (Å²) in [6, 6.07) is 5.63. The number of rotatable bonds is 3. The lowest BCUT2D eigenvalue weighted by Crippen LogP contribution is -2.30. The summed E-state index contributed by atoms with van der Waals surface area (Å²) in [5.41, 5.74) is 1.05. The van der Waals surface area contributed by atoms with E-state index in [9.17, 15) is 18.0 Å². The molecular weight excluding hydrogens is 359 g/mol. The predicted octanol–water partition coefficient (Wildman–Crippen LogP) is 3.13. The van der Waals surface area contributed by atoms with Crippen molar-refractivity contribution in [3.05, 3.63) is 42.4 Å². The van der Waals surface area contributed by atoms with Gasteiger partial charge in [-0.1, -0.05) is 0 Å². The first kappa shape index (κ1) is 17.4. The second kappa shape index (κ2) is 6.64. The molecule has 1 aliphatic rings. The van der Waals surface area contributed by atoms with E-state index in [1.54, 1.807) is 23.0 Å². The number of nitrogens with zero attached hydrogens (tertiary/aromatic N) is 5. The molecule has 0 saturated carbocycles. The van der Waals surface area contributed by atoms with Crippen LogP contribution in [0.1, 0.15) is 18.4 Å². The monoisotopic (exact) mass is 375 g/mol. The lowest BCUT2D eigenvalue weighted by atomic mass is 10.2. The second-order valence-electron chi connectivity index (χ2n) is 6.43. The SMILES string of the molecule is O=C(Cn1cnc2ccc(-c3ccc(C(F)(F)F)cn3)nc21)N1CCCC1. The molecule has 1 aliphatic heterocycles. The van der Waals surface area contributed by atoms with Gasteiger partial charge in [-0.05, 0) is 37.1 Å². The lowest BCUT2D eigenvalue weighted by molar-refractivity contribution is -0.137. The molecule has 6 nitrogen and oxygen atoms in total. The zero-order valence-corrected chi connectivity index (χ0v) is 14.3. The molecule has 9 heteroatoms. The number of likely N-dealkylation sites (tertiary alicyclic amines) is 1. The highest BCUT2D eigenvalue weighted by molar-refractivity contribution is 5.80. The third-order valence-corrected chi connectivity index (χ3v) is 4.58. The Kier molecular flexibility index (Phi) is 4.29. The summed E-state index contributed by atoms with van der Waals surface area (Å²) in [5, 5.41) is 0. The first-order chi connectivity index (χ1) is 12.9. The minimum Gasteiger partial charge on any atom is -0.341 e. The molecule has 0 radical (unpaired) electrons. The molecule has 3 aromatic rings. The van der Waals surface area contributed by atoms with Crippen LogP contribution in [0.25, 0.3) is 22.6 Å². The Morgan fingerprint density at radius 3 is 2.44 bits per heavy atom. The molecule has 0 bridgehead atoms. The maximum atomic E-state index is 12.7. The van der Waals surface area contributed by atoms with Gasteiger partial charge in [0.2, 0.25) is 5.91 Å². The molecule has 4 heterocycles. The van der Waals surface area contributed by atoms with E-state index in [1.165, 1.54) is 6.07 Å². The Labute approximate surface area is 152 Å². The molecule has 1 amide bonds. The number of aromatic nitrogens is 4. The average Bonchev–Trinajstić information content (AvgIpc) is 3.31. The van der Waals surface area contributed by atoms with E-state index in [0.717, 1.165) is 38.2 Å². The molecule has 1 fully saturated rings. The number of imidazole rings is 1. The quantitative estimate of drug-likeness (QED) is 0.706. The van der Waals surface area contributed by atoms with Gasteiger partial charge in [-0.15, -0.1) is 0 Å². The summed E-state index contributed by atoms with van der Waals surface area (Å²) in [7, 11) is 0. The molecular formula is C18H16F3N5O. The second-order valence-corrected chi connectivity index (χ2v) is 6.43. The van der Waals surface area contributed by atoms with Gasteiger partial charge in [-0.25, -0.2) is 9.97 Å². The van der Waals surface area contributed by atoms with Gasteiger partial charge in [-0.3, -0.25) is 9.78 Å². The number of halogens is 3. The Balaban J connectivity index is 1.62. The van der Waals surface area contributed by atoms with Crippen molar-refractivity contribution in [2.75, 3.05) is 13.1 Å². The Morgan fingerprint density at radius 2 is 1.78 bits per heavy atom. The van der Waals surface area contributed by atoms with Gasteiger partial charge in [0.25, 0.3) is 0 Å². The van der Waals surface area contributed by atoms with Crippen molar-refractivity contribution >= 4 is 17.1 Å². The molecule has 0 spiro atoms. The van der Waals surface area contributed by atoms with E-state index in [-0.39, 0.29) is 12.5 Å². The van der Waals surface area contributed by atoms with E-state index in [4.69, 9.17) is 0 Å². The number of alkyl halides is 3. The van der Waals surface area contributed by atoms with Crippen LogP contribution in [0.15, 0.2) is 36.8 Å². The highest BCUT2D eigenvalue weighted by Gasteiger charge is 2.30. The molecule has 0 atom stereocenters. The Hall–Kier alpha value is -2.97. The highest BCUT2D eigenvalue weighted by Crippen LogP contribution is 2.29. The van der Waals surface area contributed by atoms with Crippen LogP contribution in [0, 0.1) is 0 Å². The average molecular weight is 375 g/mol. The number of hydrogen-bond acceptors (Lipinski definition) is 4. The van der Waals surface area contributed by atoms with Gasteiger partial charge < -0.3 is 9.47 Å². The largest absolute Gasteiger partial charge is 0.417 e. The number of hydrogen-bond donors (Lipinski definition) is 0. The van der Waals surface area contributed by atoms with Gasteiger partial charge >= 0.3 is 6.18 Å². The van der Waals surface area contributed by atoms with Gasteiger partial charge in [0, 0.05) is 19.3 Å². The van der Waals surface area contributed by atoms with Gasteiger partial charge in [-0.2, -0.15) is 13.2 Å².